The third-order valence-electron chi connectivity index (χ3n) is 4.55. The molecule has 0 aliphatic carbocycles. The van der Waals surface area contributed by atoms with Crippen LogP contribution in [0.4, 0.5) is 4.39 Å². The van der Waals surface area contributed by atoms with Gasteiger partial charge in [0.05, 0.1) is 29.4 Å². The Morgan fingerprint density at radius 3 is 2.62 bits per heavy atom. The van der Waals surface area contributed by atoms with Gasteiger partial charge in [-0.15, -0.1) is 0 Å². The fourth-order valence-corrected chi connectivity index (χ4v) is 3.11. The summed E-state index contributed by atoms with van der Waals surface area (Å²) in [6, 6.07) is 16.2. The van der Waals surface area contributed by atoms with Gasteiger partial charge in [0.1, 0.15) is 17.4 Å². The number of nitrogens with zero attached hydrogens (tertiary/aromatic N) is 2. The minimum Gasteiger partial charge on any atom is -0.469 e. The van der Waals surface area contributed by atoms with Crippen LogP contribution in [0.3, 0.4) is 0 Å². The van der Waals surface area contributed by atoms with Crippen molar-refractivity contribution in [2.75, 3.05) is 0 Å². The lowest BCUT2D eigenvalue weighted by molar-refractivity contribution is -0.121. The van der Waals surface area contributed by atoms with Crippen LogP contribution in [0.1, 0.15) is 18.0 Å². The monoisotopic (exact) mass is 391 g/mol. The average Bonchev–Trinajstić information content (AvgIpc) is 3.25. The molecule has 6 nitrogen and oxygen atoms in total. The minimum atomic E-state index is -0.400. The highest BCUT2D eigenvalue weighted by Crippen LogP contribution is 2.14. The maximum absolute atomic E-state index is 13.3. The number of hydrogen-bond acceptors (Lipinski definition) is 4. The van der Waals surface area contributed by atoms with E-state index in [0.717, 1.165) is 5.76 Å². The van der Waals surface area contributed by atoms with Crippen LogP contribution in [0.15, 0.2) is 76.1 Å². The molecule has 0 radical (unpaired) electrons. The Bertz CT molecular complexity index is 1200. The van der Waals surface area contributed by atoms with Crippen LogP contribution in [0, 0.1) is 5.82 Å². The molecule has 2 heterocycles. The summed E-state index contributed by atoms with van der Waals surface area (Å²) in [6.45, 7) is 0.0639. The van der Waals surface area contributed by atoms with E-state index in [-0.39, 0.29) is 24.4 Å². The Balaban J connectivity index is 1.63. The van der Waals surface area contributed by atoms with Crippen LogP contribution in [0.2, 0.25) is 0 Å². The van der Waals surface area contributed by atoms with Crippen molar-refractivity contribution < 1.29 is 13.6 Å². The Hall–Kier alpha value is -3.74. The molecule has 0 saturated carbocycles. The lowest BCUT2D eigenvalue weighted by Crippen LogP contribution is -2.30. The van der Waals surface area contributed by atoms with E-state index >= 15 is 0 Å². The van der Waals surface area contributed by atoms with Crippen molar-refractivity contribution in [3.8, 4) is 5.69 Å². The molecule has 1 amide bonds. The van der Waals surface area contributed by atoms with Crippen molar-refractivity contribution in [2.24, 2.45) is 0 Å². The zero-order chi connectivity index (χ0) is 20.2. The van der Waals surface area contributed by atoms with Crippen LogP contribution in [-0.2, 0) is 17.8 Å². The second-order valence-electron chi connectivity index (χ2n) is 6.52. The van der Waals surface area contributed by atoms with Gasteiger partial charge in [0.15, 0.2) is 0 Å². The highest BCUT2D eigenvalue weighted by molar-refractivity contribution is 5.78. The average molecular weight is 391 g/mol. The summed E-state index contributed by atoms with van der Waals surface area (Å²) in [4.78, 5) is 29.9. The van der Waals surface area contributed by atoms with Crippen molar-refractivity contribution >= 4 is 16.8 Å². The second kappa shape index (κ2) is 8.10. The first-order valence-electron chi connectivity index (χ1n) is 9.17. The number of hydrogen-bond donors (Lipinski definition) is 1. The molecular formula is C22H18FN3O3. The molecule has 0 aliphatic heterocycles. The van der Waals surface area contributed by atoms with Gasteiger partial charge < -0.3 is 9.73 Å². The Kier molecular flexibility index (Phi) is 5.20. The van der Waals surface area contributed by atoms with Crippen LogP contribution < -0.4 is 10.9 Å². The number of nitrogens with one attached hydrogen (secondary N) is 1. The molecule has 2 aromatic heterocycles. The largest absolute Gasteiger partial charge is 0.469 e. The minimum absolute atomic E-state index is 0.0639. The summed E-state index contributed by atoms with van der Waals surface area (Å²) in [5.74, 6) is 0.511. The van der Waals surface area contributed by atoms with E-state index in [0.29, 0.717) is 28.8 Å². The first-order chi connectivity index (χ1) is 14.1. The lowest BCUT2D eigenvalue weighted by Gasteiger charge is -2.14. The molecule has 2 aromatic carbocycles. The number of amides is 1. The zero-order valence-corrected chi connectivity index (χ0v) is 15.5. The maximum atomic E-state index is 13.3. The molecule has 0 aliphatic rings. The van der Waals surface area contributed by atoms with E-state index in [2.05, 4.69) is 10.3 Å². The molecule has 0 fully saturated rings. The van der Waals surface area contributed by atoms with Gasteiger partial charge in [-0.1, -0.05) is 12.1 Å². The van der Waals surface area contributed by atoms with E-state index in [1.165, 1.54) is 28.8 Å². The summed E-state index contributed by atoms with van der Waals surface area (Å²) in [5.41, 5.74) is 0.743. The highest BCUT2D eigenvalue weighted by atomic mass is 19.1. The summed E-state index contributed by atoms with van der Waals surface area (Å²) in [5, 5.41) is 3.25. The number of furan rings is 1. The molecular weight excluding hydrogens is 373 g/mol. The predicted octanol–water partition coefficient (Wildman–Crippen LogP) is 3.37. The molecule has 146 valence electrons. The molecule has 0 spiro atoms. The fraction of sp³-hybridized carbons (Fsp3) is 0.136. The van der Waals surface area contributed by atoms with Crippen LogP contribution in [0.25, 0.3) is 16.6 Å². The zero-order valence-electron chi connectivity index (χ0n) is 15.5. The van der Waals surface area contributed by atoms with E-state index in [4.69, 9.17) is 4.42 Å². The quantitative estimate of drug-likeness (QED) is 0.547. The highest BCUT2D eigenvalue weighted by Gasteiger charge is 2.14. The SMILES string of the molecule is O=C(CCc1ccco1)NCc1nc2ccccc2c(=O)n1-c1ccc(F)cc1. The van der Waals surface area contributed by atoms with Crippen LogP contribution in [-0.4, -0.2) is 15.5 Å². The van der Waals surface area contributed by atoms with Crippen molar-refractivity contribution in [3.63, 3.8) is 0 Å². The van der Waals surface area contributed by atoms with Crippen LogP contribution >= 0.6 is 0 Å². The Morgan fingerprint density at radius 2 is 1.86 bits per heavy atom. The van der Waals surface area contributed by atoms with Gasteiger partial charge in [0, 0.05) is 12.8 Å². The summed E-state index contributed by atoms with van der Waals surface area (Å²) >= 11 is 0. The molecule has 0 atom stereocenters. The van der Waals surface area contributed by atoms with Crippen molar-refractivity contribution in [1.29, 1.82) is 0 Å². The number of rotatable bonds is 6. The van der Waals surface area contributed by atoms with Crippen molar-refractivity contribution in [3.05, 3.63) is 94.7 Å². The molecule has 0 bridgehead atoms. The molecule has 1 N–H and O–H groups in total. The first-order valence-corrected chi connectivity index (χ1v) is 9.17. The van der Waals surface area contributed by atoms with Crippen molar-refractivity contribution in [1.82, 2.24) is 14.9 Å². The van der Waals surface area contributed by atoms with E-state index < -0.39 is 5.82 Å². The second-order valence-corrected chi connectivity index (χ2v) is 6.52. The standard InChI is InChI=1S/C22H18FN3O3/c23-15-7-9-16(10-8-15)26-20(25-19-6-2-1-5-18(19)22(26)28)14-24-21(27)12-11-17-4-3-13-29-17/h1-10,13H,11-12,14H2,(H,24,27). The van der Waals surface area contributed by atoms with Gasteiger partial charge in [-0.25, -0.2) is 9.37 Å². The molecule has 7 heteroatoms. The van der Waals surface area contributed by atoms with Gasteiger partial charge in [0.25, 0.3) is 5.56 Å². The van der Waals surface area contributed by atoms with Gasteiger partial charge in [0.2, 0.25) is 5.91 Å². The van der Waals surface area contributed by atoms with E-state index in [9.17, 15) is 14.0 Å². The van der Waals surface area contributed by atoms with Gasteiger partial charge >= 0.3 is 0 Å². The fourth-order valence-electron chi connectivity index (χ4n) is 3.11. The number of carbonyl (C=O) groups is 1. The number of aromatic nitrogens is 2. The number of aryl methyl sites for hydroxylation is 1. The summed E-state index contributed by atoms with van der Waals surface area (Å²) in [7, 11) is 0. The number of halogens is 1. The number of benzene rings is 2. The van der Waals surface area contributed by atoms with Crippen molar-refractivity contribution in [2.45, 2.75) is 19.4 Å². The van der Waals surface area contributed by atoms with E-state index in [1.807, 2.05) is 6.07 Å². The summed E-state index contributed by atoms with van der Waals surface area (Å²) < 4.78 is 20.0. The smallest absolute Gasteiger partial charge is 0.266 e. The number of para-hydroxylation sites is 1. The van der Waals surface area contributed by atoms with Gasteiger partial charge in [-0.3, -0.25) is 14.2 Å². The van der Waals surface area contributed by atoms with E-state index in [1.54, 1.807) is 36.6 Å². The topological polar surface area (TPSA) is 77.1 Å². The molecule has 4 aromatic rings. The first kappa shape index (κ1) is 18.6. The maximum Gasteiger partial charge on any atom is 0.266 e. The lowest BCUT2D eigenvalue weighted by atomic mass is 10.2. The number of carbonyl (C=O) groups excluding carboxylic acids is 1. The van der Waals surface area contributed by atoms with Gasteiger partial charge in [-0.2, -0.15) is 0 Å². The predicted molar refractivity (Wildman–Crippen MR) is 106 cm³/mol. The number of fused-ring (bicyclic) bond motifs is 1. The molecule has 29 heavy (non-hydrogen) atoms. The molecule has 0 saturated heterocycles. The molecule has 4 rings (SSSR count). The third-order valence-corrected chi connectivity index (χ3v) is 4.55. The summed E-state index contributed by atoms with van der Waals surface area (Å²) in [6.07, 6.45) is 2.30. The molecule has 0 unspecified atom stereocenters. The Morgan fingerprint density at radius 1 is 1.07 bits per heavy atom. The normalized spacial score (nSPS) is 10.9. The van der Waals surface area contributed by atoms with Gasteiger partial charge in [-0.05, 0) is 48.5 Å². The Labute approximate surface area is 165 Å². The van der Waals surface area contributed by atoms with Crippen LogP contribution in [0.5, 0.6) is 0 Å². The third kappa shape index (κ3) is 4.08.